The fraction of sp³-hybridized carbons (Fsp3) is 0.0769. The number of halogens is 7. The van der Waals surface area contributed by atoms with Crippen LogP contribution in [-0.2, 0) is 0 Å². The minimum atomic E-state index is -2.32. The van der Waals surface area contributed by atoms with Crippen LogP contribution in [0.4, 0.5) is 26.3 Å². The lowest BCUT2D eigenvalue weighted by Crippen LogP contribution is -2.05. The highest BCUT2D eigenvalue weighted by Gasteiger charge is 2.28. The van der Waals surface area contributed by atoms with Gasteiger partial charge in [0, 0.05) is 5.56 Å². The summed E-state index contributed by atoms with van der Waals surface area (Å²) in [5, 5.41) is -0.220. The van der Waals surface area contributed by atoms with Gasteiger partial charge in [0.15, 0.2) is 23.3 Å². The van der Waals surface area contributed by atoms with E-state index in [2.05, 4.69) is 0 Å². The Morgan fingerprint density at radius 2 is 1.29 bits per heavy atom. The van der Waals surface area contributed by atoms with E-state index in [1.807, 2.05) is 0 Å². The maximum atomic E-state index is 13.8. The molecule has 0 aromatic heterocycles. The molecular formula is C13H5ClF6O. The van der Waals surface area contributed by atoms with E-state index in [1.165, 1.54) is 0 Å². The first kappa shape index (κ1) is 15.5. The van der Waals surface area contributed by atoms with E-state index in [0.29, 0.717) is 6.07 Å². The van der Waals surface area contributed by atoms with Gasteiger partial charge in [0.05, 0.1) is 17.7 Å². The van der Waals surface area contributed by atoms with E-state index in [0.717, 1.165) is 13.2 Å². The maximum Gasteiger partial charge on any atom is 0.200 e. The third-order valence-electron chi connectivity index (χ3n) is 2.72. The number of ether oxygens (including phenoxy) is 1. The van der Waals surface area contributed by atoms with Gasteiger partial charge in [-0.15, -0.1) is 0 Å². The maximum absolute atomic E-state index is 13.8. The molecule has 0 saturated carbocycles. The van der Waals surface area contributed by atoms with Crippen LogP contribution in [0.3, 0.4) is 0 Å². The number of benzene rings is 2. The highest BCUT2D eigenvalue weighted by Crippen LogP contribution is 2.37. The first-order valence-corrected chi connectivity index (χ1v) is 5.72. The number of hydrogen-bond acceptors (Lipinski definition) is 1. The molecule has 2 rings (SSSR count). The van der Waals surface area contributed by atoms with Crippen molar-refractivity contribution in [3.8, 4) is 16.9 Å². The van der Waals surface area contributed by atoms with Crippen molar-refractivity contribution in [1.82, 2.24) is 0 Å². The molecule has 21 heavy (non-hydrogen) atoms. The van der Waals surface area contributed by atoms with Gasteiger partial charge in [0.2, 0.25) is 5.82 Å². The van der Waals surface area contributed by atoms with Gasteiger partial charge in [0.1, 0.15) is 11.6 Å². The second-order valence-corrected chi connectivity index (χ2v) is 4.32. The summed E-state index contributed by atoms with van der Waals surface area (Å²) >= 11 is 5.60. The molecule has 0 amide bonds. The Bertz CT molecular complexity index is 702. The molecule has 0 unspecified atom stereocenters. The molecule has 2 aromatic carbocycles. The van der Waals surface area contributed by atoms with Crippen molar-refractivity contribution in [2.24, 2.45) is 0 Å². The lowest BCUT2D eigenvalue weighted by molar-refractivity contribution is 0.380. The number of hydrogen-bond donors (Lipinski definition) is 0. The molecule has 0 aliphatic heterocycles. The summed E-state index contributed by atoms with van der Waals surface area (Å²) in [7, 11) is 1.14. The summed E-state index contributed by atoms with van der Waals surface area (Å²) in [6, 6.07) is 1.39. The van der Waals surface area contributed by atoms with Gasteiger partial charge in [-0.1, -0.05) is 11.6 Å². The fourth-order valence-corrected chi connectivity index (χ4v) is 1.95. The molecule has 0 saturated heterocycles. The van der Waals surface area contributed by atoms with Crippen LogP contribution >= 0.6 is 11.6 Å². The van der Waals surface area contributed by atoms with Gasteiger partial charge < -0.3 is 4.74 Å². The smallest absolute Gasteiger partial charge is 0.200 e. The van der Waals surface area contributed by atoms with Crippen LogP contribution < -0.4 is 4.74 Å². The van der Waals surface area contributed by atoms with E-state index in [9.17, 15) is 26.3 Å². The van der Waals surface area contributed by atoms with Gasteiger partial charge in [0.25, 0.3) is 0 Å². The van der Waals surface area contributed by atoms with Crippen LogP contribution in [0.15, 0.2) is 12.1 Å². The van der Waals surface area contributed by atoms with E-state index in [4.69, 9.17) is 16.3 Å². The molecule has 0 fully saturated rings. The van der Waals surface area contributed by atoms with Crippen LogP contribution in [0.1, 0.15) is 0 Å². The van der Waals surface area contributed by atoms with Crippen LogP contribution in [0, 0.1) is 34.9 Å². The fourth-order valence-electron chi connectivity index (χ4n) is 1.72. The summed E-state index contributed by atoms with van der Waals surface area (Å²) < 4.78 is 85.0. The molecule has 1 nitrogen and oxygen atoms in total. The summed E-state index contributed by atoms with van der Waals surface area (Å²) in [5.74, 6) is -12.4. The van der Waals surface area contributed by atoms with Crippen molar-refractivity contribution < 1.29 is 31.1 Å². The summed E-state index contributed by atoms with van der Waals surface area (Å²) in [4.78, 5) is 0. The third-order valence-corrected chi connectivity index (χ3v) is 3.02. The van der Waals surface area contributed by atoms with E-state index in [1.54, 1.807) is 0 Å². The van der Waals surface area contributed by atoms with Crippen LogP contribution in [0.25, 0.3) is 11.1 Å². The normalized spacial score (nSPS) is 10.9. The van der Waals surface area contributed by atoms with Crippen molar-refractivity contribution >= 4 is 11.6 Å². The second kappa shape index (κ2) is 5.48. The van der Waals surface area contributed by atoms with Crippen molar-refractivity contribution in [1.29, 1.82) is 0 Å². The van der Waals surface area contributed by atoms with Crippen LogP contribution in [0.2, 0.25) is 5.02 Å². The zero-order valence-corrected chi connectivity index (χ0v) is 11.0. The predicted molar refractivity (Wildman–Crippen MR) is 63.2 cm³/mol. The Morgan fingerprint density at radius 1 is 0.810 bits per heavy atom. The van der Waals surface area contributed by atoms with Gasteiger partial charge in [-0.2, -0.15) is 0 Å². The summed E-state index contributed by atoms with van der Waals surface area (Å²) in [6.07, 6.45) is 0. The standard InChI is InChI=1S/C13H5ClF6O/c1-21-7-2-4(6(15)3-5(7)14)8-9(16)11(18)13(20)12(19)10(8)17/h2-3H,1H3. The van der Waals surface area contributed by atoms with Crippen molar-refractivity contribution in [3.05, 3.63) is 52.1 Å². The lowest BCUT2D eigenvalue weighted by Gasteiger charge is -2.11. The van der Waals surface area contributed by atoms with Gasteiger partial charge in [-0.25, -0.2) is 26.3 Å². The Balaban J connectivity index is 2.85. The molecule has 0 spiro atoms. The van der Waals surface area contributed by atoms with Gasteiger partial charge in [-0.05, 0) is 12.1 Å². The second-order valence-electron chi connectivity index (χ2n) is 3.91. The lowest BCUT2D eigenvalue weighted by atomic mass is 10.0. The molecule has 0 bridgehead atoms. The molecule has 8 heteroatoms. The zero-order chi connectivity index (χ0) is 15.9. The Kier molecular flexibility index (Phi) is 4.04. The van der Waals surface area contributed by atoms with E-state index >= 15 is 0 Å². The Hall–Kier alpha value is -1.89. The zero-order valence-electron chi connectivity index (χ0n) is 10.2. The third kappa shape index (κ3) is 2.42. The van der Waals surface area contributed by atoms with Crippen LogP contribution in [0.5, 0.6) is 5.75 Å². The SMILES string of the molecule is COc1cc(-c2c(F)c(F)c(F)c(F)c2F)c(F)cc1Cl. The van der Waals surface area contributed by atoms with Crippen molar-refractivity contribution in [3.63, 3.8) is 0 Å². The molecule has 0 radical (unpaired) electrons. The molecule has 0 atom stereocenters. The molecule has 0 aliphatic carbocycles. The minimum absolute atomic E-state index is 0.183. The van der Waals surface area contributed by atoms with Gasteiger partial charge >= 0.3 is 0 Å². The minimum Gasteiger partial charge on any atom is -0.495 e. The Morgan fingerprint density at radius 3 is 1.76 bits per heavy atom. The van der Waals surface area contributed by atoms with Gasteiger partial charge in [-0.3, -0.25) is 0 Å². The molecule has 0 N–H and O–H groups in total. The highest BCUT2D eigenvalue weighted by molar-refractivity contribution is 6.32. The molecule has 0 heterocycles. The highest BCUT2D eigenvalue weighted by atomic mass is 35.5. The molecular weight excluding hydrogens is 322 g/mol. The van der Waals surface area contributed by atoms with E-state index in [-0.39, 0.29) is 10.8 Å². The number of methoxy groups -OCH3 is 1. The summed E-state index contributed by atoms with van der Waals surface area (Å²) in [6.45, 7) is 0. The monoisotopic (exact) mass is 326 g/mol. The number of rotatable bonds is 2. The first-order valence-electron chi connectivity index (χ1n) is 5.34. The average Bonchev–Trinajstić information content (AvgIpc) is 2.45. The average molecular weight is 327 g/mol. The van der Waals surface area contributed by atoms with E-state index < -0.39 is 46.0 Å². The first-order chi connectivity index (χ1) is 9.79. The topological polar surface area (TPSA) is 9.23 Å². The quantitative estimate of drug-likeness (QED) is 0.435. The van der Waals surface area contributed by atoms with Crippen LogP contribution in [-0.4, -0.2) is 7.11 Å². The molecule has 0 aliphatic rings. The van der Waals surface area contributed by atoms with Crippen molar-refractivity contribution in [2.75, 3.05) is 7.11 Å². The predicted octanol–water partition coefficient (Wildman–Crippen LogP) is 4.85. The Labute approximate surface area is 119 Å². The molecule has 112 valence electrons. The van der Waals surface area contributed by atoms with Crippen molar-refractivity contribution in [2.45, 2.75) is 0 Å². The summed E-state index contributed by atoms with van der Waals surface area (Å²) in [5.41, 5.74) is -2.25. The molecule has 2 aromatic rings. The largest absolute Gasteiger partial charge is 0.495 e.